The molecule has 0 spiro atoms. The summed E-state index contributed by atoms with van der Waals surface area (Å²) in [6, 6.07) is 7.37. The molecule has 26 heavy (non-hydrogen) atoms. The summed E-state index contributed by atoms with van der Waals surface area (Å²) in [6.45, 7) is 1.93. The van der Waals surface area contributed by atoms with Gasteiger partial charge in [-0.3, -0.25) is 4.79 Å². The number of piperidine rings is 1. The molecule has 1 aromatic heterocycles. The minimum absolute atomic E-state index is 0.0449. The summed E-state index contributed by atoms with van der Waals surface area (Å²) < 4.78 is 10.6. The van der Waals surface area contributed by atoms with Gasteiger partial charge in [-0.1, -0.05) is 0 Å². The smallest absolute Gasteiger partial charge is 0.225 e. The Labute approximate surface area is 153 Å². The highest BCUT2D eigenvalue weighted by atomic mass is 16.5. The Morgan fingerprint density at radius 1 is 1.27 bits per heavy atom. The van der Waals surface area contributed by atoms with Crippen LogP contribution in [0.4, 0.5) is 5.95 Å². The molecular weight excluding hydrogens is 332 g/mol. The molecule has 1 unspecified atom stereocenters. The van der Waals surface area contributed by atoms with Crippen molar-refractivity contribution in [3.05, 3.63) is 42.2 Å². The Bertz CT molecular complexity index is 739. The number of nitrogens with one attached hydrogen (secondary N) is 1. The van der Waals surface area contributed by atoms with Crippen LogP contribution in [-0.4, -0.2) is 43.2 Å². The summed E-state index contributed by atoms with van der Waals surface area (Å²) in [4.78, 5) is 23.3. The summed E-state index contributed by atoms with van der Waals surface area (Å²) in [5.74, 6) is 2.08. The lowest BCUT2D eigenvalue weighted by molar-refractivity contribution is -0.125. The lowest BCUT2D eigenvalue weighted by atomic mass is 9.97. The molecule has 1 fully saturated rings. The zero-order valence-corrected chi connectivity index (χ0v) is 15.1. The van der Waals surface area contributed by atoms with Crippen LogP contribution in [0.1, 0.15) is 18.4 Å². The van der Waals surface area contributed by atoms with Crippen molar-refractivity contribution in [2.45, 2.75) is 19.4 Å². The molecule has 1 atom stereocenters. The van der Waals surface area contributed by atoms with Crippen molar-refractivity contribution in [2.24, 2.45) is 5.92 Å². The maximum atomic E-state index is 12.6. The number of hydrogen-bond acceptors (Lipinski definition) is 6. The number of ether oxygens (including phenoxy) is 2. The maximum Gasteiger partial charge on any atom is 0.225 e. The van der Waals surface area contributed by atoms with E-state index in [2.05, 4.69) is 20.2 Å². The first kappa shape index (κ1) is 18.0. The van der Waals surface area contributed by atoms with Crippen molar-refractivity contribution in [1.82, 2.24) is 15.3 Å². The molecule has 1 aliphatic heterocycles. The number of methoxy groups -OCH3 is 2. The van der Waals surface area contributed by atoms with Crippen LogP contribution in [0.3, 0.4) is 0 Å². The number of benzene rings is 1. The highest BCUT2D eigenvalue weighted by Gasteiger charge is 2.27. The van der Waals surface area contributed by atoms with Crippen molar-refractivity contribution < 1.29 is 14.3 Å². The van der Waals surface area contributed by atoms with Crippen LogP contribution in [0.15, 0.2) is 36.7 Å². The molecule has 1 amide bonds. The Kier molecular flexibility index (Phi) is 5.88. The zero-order valence-electron chi connectivity index (χ0n) is 15.1. The first-order valence-corrected chi connectivity index (χ1v) is 8.72. The van der Waals surface area contributed by atoms with Gasteiger partial charge in [0, 0.05) is 43.7 Å². The summed E-state index contributed by atoms with van der Waals surface area (Å²) in [5, 5.41) is 3.03. The van der Waals surface area contributed by atoms with Crippen LogP contribution in [0.5, 0.6) is 11.5 Å². The minimum atomic E-state index is -0.0724. The van der Waals surface area contributed by atoms with Crippen molar-refractivity contribution in [3.63, 3.8) is 0 Å². The van der Waals surface area contributed by atoms with E-state index in [-0.39, 0.29) is 11.8 Å². The van der Waals surface area contributed by atoms with E-state index in [0.29, 0.717) is 24.8 Å². The van der Waals surface area contributed by atoms with Crippen LogP contribution < -0.4 is 19.7 Å². The lowest BCUT2D eigenvalue weighted by Gasteiger charge is -2.31. The Morgan fingerprint density at radius 3 is 2.81 bits per heavy atom. The average Bonchev–Trinajstić information content (AvgIpc) is 2.72. The molecule has 3 rings (SSSR count). The molecule has 1 aromatic carbocycles. The summed E-state index contributed by atoms with van der Waals surface area (Å²) in [5.41, 5.74) is 0.917. The van der Waals surface area contributed by atoms with Gasteiger partial charge in [0.1, 0.15) is 11.5 Å². The molecule has 0 radical (unpaired) electrons. The average molecular weight is 356 g/mol. The third-order valence-corrected chi connectivity index (χ3v) is 4.57. The molecule has 1 aliphatic rings. The number of amides is 1. The molecule has 7 heteroatoms. The van der Waals surface area contributed by atoms with Gasteiger partial charge >= 0.3 is 0 Å². The molecule has 2 aromatic rings. The largest absolute Gasteiger partial charge is 0.497 e. The third kappa shape index (κ3) is 4.22. The van der Waals surface area contributed by atoms with Crippen molar-refractivity contribution in [3.8, 4) is 11.5 Å². The molecule has 0 saturated carbocycles. The quantitative estimate of drug-likeness (QED) is 0.853. The number of rotatable bonds is 6. The van der Waals surface area contributed by atoms with Crippen molar-refractivity contribution in [1.29, 1.82) is 0 Å². The maximum absolute atomic E-state index is 12.6. The standard InChI is InChI=1S/C19H24N4O3/c1-25-16-7-6-14(17(11-16)26-2)12-22-18(24)15-5-3-10-23(13-15)19-20-8-4-9-21-19/h4,6-9,11,15H,3,5,10,12-13H2,1-2H3,(H,22,24). The van der Waals surface area contributed by atoms with E-state index in [4.69, 9.17) is 9.47 Å². The predicted octanol–water partition coefficient (Wildman–Crippen LogP) is 2.03. The minimum Gasteiger partial charge on any atom is -0.497 e. The van der Waals surface area contributed by atoms with Crippen molar-refractivity contribution in [2.75, 3.05) is 32.2 Å². The monoisotopic (exact) mass is 356 g/mol. The highest BCUT2D eigenvalue weighted by molar-refractivity contribution is 5.79. The molecular formula is C19H24N4O3. The van der Waals surface area contributed by atoms with E-state index in [1.54, 1.807) is 32.7 Å². The second kappa shape index (κ2) is 8.51. The van der Waals surface area contributed by atoms with Gasteiger partial charge < -0.3 is 19.7 Å². The fourth-order valence-electron chi connectivity index (χ4n) is 3.15. The zero-order chi connectivity index (χ0) is 18.4. The van der Waals surface area contributed by atoms with Gasteiger partial charge in [0.15, 0.2) is 0 Å². The lowest BCUT2D eigenvalue weighted by Crippen LogP contribution is -2.43. The topological polar surface area (TPSA) is 76.6 Å². The van der Waals surface area contributed by atoms with Gasteiger partial charge in [-0.15, -0.1) is 0 Å². The SMILES string of the molecule is COc1ccc(CNC(=O)C2CCCN(c3ncccn3)C2)c(OC)c1. The van der Waals surface area contributed by atoms with Gasteiger partial charge in [-0.05, 0) is 31.0 Å². The van der Waals surface area contributed by atoms with E-state index in [0.717, 1.165) is 30.7 Å². The first-order valence-electron chi connectivity index (χ1n) is 8.72. The van der Waals surface area contributed by atoms with E-state index in [1.165, 1.54) is 0 Å². The molecule has 1 saturated heterocycles. The van der Waals surface area contributed by atoms with E-state index in [1.807, 2.05) is 18.2 Å². The van der Waals surface area contributed by atoms with E-state index in [9.17, 15) is 4.79 Å². The summed E-state index contributed by atoms with van der Waals surface area (Å²) >= 11 is 0. The number of anilines is 1. The molecule has 0 bridgehead atoms. The van der Waals surface area contributed by atoms with Crippen LogP contribution in [0, 0.1) is 5.92 Å². The molecule has 2 heterocycles. The molecule has 0 aliphatic carbocycles. The number of carbonyl (C=O) groups is 1. The van der Waals surface area contributed by atoms with Crippen molar-refractivity contribution >= 4 is 11.9 Å². The Hall–Kier alpha value is -2.83. The molecule has 1 N–H and O–H groups in total. The first-order chi connectivity index (χ1) is 12.7. The number of carbonyl (C=O) groups excluding carboxylic acids is 1. The van der Waals surface area contributed by atoms with E-state index < -0.39 is 0 Å². The van der Waals surface area contributed by atoms with Gasteiger partial charge in [-0.2, -0.15) is 0 Å². The molecule has 138 valence electrons. The Morgan fingerprint density at radius 2 is 2.08 bits per heavy atom. The third-order valence-electron chi connectivity index (χ3n) is 4.57. The van der Waals surface area contributed by atoms with E-state index >= 15 is 0 Å². The van der Waals surface area contributed by atoms with Crippen LogP contribution in [-0.2, 0) is 11.3 Å². The number of nitrogens with zero attached hydrogens (tertiary/aromatic N) is 3. The van der Waals surface area contributed by atoms with Gasteiger partial charge in [0.25, 0.3) is 0 Å². The van der Waals surface area contributed by atoms with Crippen LogP contribution >= 0.6 is 0 Å². The van der Waals surface area contributed by atoms with Crippen LogP contribution in [0.25, 0.3) is 0 Å². The van der Waals surface area contributed by atoms with Gasteiger partial charge in [0.05, 0.1) is 20.1 Å². The number of hydrogen-bond donors (Lipinski definition) is 1. The number of aromatic nitrogens is 2. The summed E-state index contributed by atoms with van der Waals surface area (Å²) in [6.07, 6.45) is 5.26. The Balaban J connectivity index is 1.60. The van der Waals surface area contributed by atoms with Crippen LogP contribution in [0.2, 0.25) is 0 Å². The fourth-order valence-corrected chi connectivity index (χ4v) is 3.15. The predicted molar refractivity (Wildman–Crippen MR) is 98.4 cm³/mol. The second-order valence-corrected chi connectivity index (χ2v) is 6.23. The fraction of sp³-hybridized carbons (Fsp3) is 0.421. The normalized spacial score (nSPS) is 16.8. The van der Waals surface area contributed by atoms with Gasteiger partial charge in [-0.25, -0.2) is 9.97 Å². The highest BCUT2D eigenvalue weighted by Crippen LogP contribution is 2.25. The summed E-state index contributed by atoms with van der Waals surface area (Å²) in [7, 11) is 3.22. The molecule has 7 nitrogen and oxygen atoms in total. The second-order valence-electron chi connectivity index (χ2n) is 6.23. The van der Waals surface area contributed by atoms with Gasteiger partial charge in [0.2, 0.25) is 11.9 Å².